The Morgan fingerprint density at radius 3 is 2.97 bits per heavy atom. The average Bonchev–Trinajstić information content (AvgIpc) is 3.23. The number of hydrogen-bond acceptors (Lipinski definition) is 7. The molecule has 3 aromatic rings. The number of ether oxygens (including phenoxy) is 1. The zero-order valence-electron chi connectivity index (χ0n) is 16.2. The molecule has 0 aromatic carbocycles. The van der Waals surface area contributed by atoms with Crippen molar-refractivity contribution in [2.24, 2.45) is 0 Å². The Hall–Kier alpha value is -3.39. The van der Waals surface area contributed by atoms with Crippen LogP contribution < -0.4 is 10.2 Å². The number of pyridine rings is 2. The highest BCUT2D eigenvalue weighted by Gasteiger charge is 2.26. The SMILES string of the molecule is COCc1cccc(C(=O)NC2CCN(c3nccc(-c4cccnc4)n3)C2)n1. The number of methoxy groups -OCH3 is 1. The summed E-state index contributed by atoms with van der Waals surface area (Å²) in [5.74, 6) is 0.475. The van der Waals surface area contributed by atoms with Crippen molar-refractivity contribution in [3.05, 3.63) is 66.4 Å². The molecule has 1 saturated heterocycles. The van der Waals surface area contributed by atoms with E-state index < -0.39 is 0 Å². The molecule has 1 atom stereocenters. The standard InChI is InChI=1S/C21H22N6O2/c1-29-14-17-5-2-6-19(24-17)20(28)25-16-8-11-27(13-16)21-23-10-7-18(26-21)15-4-3-9-22-12-15/h2-7,9-10,12,16H,8,11,13-14H2,1H3,(H,25,28). The van der Waals surface area contributed by atoms with Gasteiger partial charge in [0.15, 0.2) is 0 Å². The van der Waals surface area contributed by atoms with Crippen LogP contribution in [0.2, 0.25) is 0 Å². The Morgan fingerprint density at radius 1 is 1.21 bits per heavy atom. The lowest BCUT2D eigenvalue weighted by molar-refractivity contribution is 0.0934. The second-order valence-electron chi connectivity index (χ2n) is 6.84. The van der Waals surface area contributed by atoms with E-state index in [0.29, 0.717) is 24.8 Å². The van der Waals surface area contributed by atoms with Crippen LogP contribution in [0.1, 0.15) is 22.6 Å². The van der Waals surface area contributed by atoms with Crippen LogP contribution in [0.4, 0.5) is 5.95 Å². The van der Waals surface area contributed by atoms with E-state index in [2.05, 4.69) is 30.2 Å². The third-order valence-electron chi connectivity index (χ3n) is 4.74. The molecule has 0 aliphatic carbocycles. The van der Waals surface area contributed by atoms with E-state index in [1.165, 1.54) is 0 Å². The summed E-state index contributed by atoms with van der Waals surface area (Å²) in [5, 5.41) is 3.06. The normalized spacial score (nSPS) is 16.0. The maximum absolute atomic E-state index is 12.6. The van der Waals surface area contributed by atoms with Crippen LogP contribution >= 0.6 is 0 Å². The molecule has 1 aliphatic rings. The van der Waals surface area contributed by atoms with Crippen LogP contribution in [-0.2, 0) is 11.3 Å². The van der Waals surface area contributed by atoms with Gasteiger partial charge in [0.2, 0.25) is 5.95 Å². The van der Waals surface area contributed by atoms with E-state index in [0.717, 1.165) is 29.9 Å². The fraction of sp³-hybridized carbons (Fsp3) is 0.286. The van der Waals surface area contributed by atoms with E-state index >= 15 is 0 Å². The van der Waals surface area contributed by atoms with Crippen molar-refractivity contribution in [3.8, 4) is 11.3 Å². The molecule has 148 valence electrons. The molecule has 4 rings (SSSR count). The first-order valence-corrected chi connectivity index (χ1v) is 9.47. The van der Waals surface area contributed by atoms with Crippen molar-refractivity contribution in [2.75, 3.05) is 25.1 Å². The minimum atomic E-state index is -0.181. The summed E-state index contributed by atoms with van der Waals surface area (Å²) in [5.41, 5.74) is 2.90. The number of rotatable bonds is 6. The first-order chi connectivity index (χ1) is 14.2. The highest BCUT2D eigenvalue weighted by Crippen LogP contribution is 2.21. The van der Waals surface area contributed by atoms with E-state index in [9.17, 15) is 4.79 Å². The Bertz CT molecular complexity index is 982. The number of carbonyl (C=O) groups is 1. The molecule has 1 aliphatic heterocycles. The van der Waals surface area contributed by atoms with Crippen LogP contribution in [-0.4, -0.2) is 52.1 Å². The van der Waals surface area contributed by atoms with Crippen LogP contribution in [0, 0.1) is 0 Å². The molecule has 0 saturated carbocycles. The number of anilines is 1. The van der Waals surface area contributed by atoms with Gasteiger partial charge in [0, 0.05) is 50.4 Å². The minimum Gasteiger partial charge on any atom is -0.378 e. The third-order valence-corrected chi connectivity index (χ3v) is 4.74. The summed E-state index contributed by atoms with van der Waals surface area (Å²) in [6.07, 6.45) is 6.09. The van der Waals surface area contributed by atoms with Gasteiger partial charge in [-0.3, -0.25) is 9.78 Å². The van der Waals surface area contributed by atoms with Gasteiger partial charge in [0.05, 0.1) is 18.0 Å². The smallest absolute Gasteiger partial charge is 0.270 e. The van der Waals surface area contributed by atoms with Gasteiger partial charge in [-0.25, -0.2) is 15.0 Å². The first-order valence-electron chi connectivity index (χ1n) is 9.47. The number of nitrogens with one attached hydrogen (secondary N) is 1. The molecule has 0 radical (unpaired) electrons. The molecule has 4 heterocycles. The molecule has 1 fully saturated rings. The predicted octanol–water partition coefficient (Wildman–Crippen LogP) is 2.09. The van der Waals surface area contributed by atoms with Gasteiger partial charge in [-0.05, 0) is 36.8 Å². The fourth-order valence-corrected chi connectivity index (χ4v) is 3.33. The van der Waals surface area contributed by atoms with Crippen LogP contribution in [0.15, 0.2) is 55.0 Å². The molecule has 8 nitrogen and oxygen atoms in total. The zero-order chi connectivity index (χ0) is 20.1. The Labute approximate surface area is 169 Å². The van der Waals surface area contributed by atoms with Gasteiger partial charge in [0.25, 0.3) is 5.91 Å². The summed E-state index contributed by atoms with van der Waals surface area (Å²) in [6.45, 7) is 1.81. The molecule has 3 aromatic heterocycles. The lowest BCUT2D eigenvalue weighted by Gasteiger charge is -2.17. The molecule has 0 spiro atoms. The van der Waals surface area contributed by atoms with Gasteiger partial charge in [0.1, 0.15) is 5.69 Å². The maximum Gasteiger partial charge on any atom is 0.270 e. The van der Waals surface area contributed by atoms with E-state index in [-0.39, 0.29) is 11.9 Å². The predicted molar refractivity (Wildman–Crippen MR) is 108 cm³/mol. The second kappa shape index (κ2) is 8.74. The highest BCUT2D eigenvalue weighted by atomic mass is 16.5. The van der Waals surface area contributed by atoms with Crippen molar-refractivity contribution >= 4 is 11.9 Å². The first kappa shape index (κ1) is 18.9. The third kappa shape index (κ3) is 4.55. The number of hydrogen-bond donors (Lipinski definition) is 1. The lowest BCUT2D eigenvalue weighted by atomic mass is 10.2. The Kier molecular flexibility index (Phi) is 5.71. The summed E-state index contributed by atoms with van der Waals surface area (Å²) < 4.78 is 5.08. The summed E-state index contributed by atoms with van der Waals surface area (Å²) in [4.78, 5) is 32.2. The molecule has 1 N–H and O–H groups in total. The minimum absolute atomic E-state index is 0.0148. The maximum atomic E-state index is 12.6. The highest BCUT2D eigenvalue weighted by molar-refractivity contribution is 5.92. The van der Waals surface area contributed by atoms with Crippen molar-refractivity contribution in [1.29, 1.82) is 0 Å². The van der Waals surface area contributed by atoms with Crippen molar-refractivity contribution in [2.45, 2.75) is 19.1 Å². The topological polar surface area (TPSA) is 93.1 Å². The Balaban J connectivity index is 1.41. The van der Waals surface area contributed by atoms with E-state index in [1.54, 1.807) is 31.8 Å². The largest absolute Gasteiger partial charge is 0.378 e. The molecule has 1 amide bonds. The monoisotopic (exact) mass is 390 g/mol. The molecule has 29 heavy (non-hydrogen) atoms. The van der Waals surface area contributed by atoms with E-state index in [4.69, 9.17) is 4.74 Å². The van der Waals surface area contributed by atoms with Crippen LogP contribution in [0.5, 0.6) is 0 Å². The van der Waals surface area contributed by atoms with Gasteiger partial charge < -0.3 is 15.0 Å². The molecular formula is C21H22N6O2. The molecule has 1 unspecified atom stereocenters. The second-order valence-corrected chi connectivity index (χ2v) is 6.84. The van der Waals surface area contributed by atoms with Crippen molar-refractivity contribution < 1.29 is 9.53 Å². The summed E-state index contributed by atoms with van der Waals surface area (Å²) in [6, 6.07) is 11.1. The van der Waals surface area contributed by atoms with Crippen molar-refractivity contribution in [3.63, 3.8) is 0 Å². The molecular weight excluding hydrogens is 368 g/mol. The lowest BCUT2D eigenvalue weighted by Crippen LogP contribution is -2.37. The zero-order valence-corrected chi connectivity index (χ0v) is 16.2. The summed E-state index contributed by atoms with van der Waals surface area (Å²) >= 11 is 0. The Morgan fingerprint density at radius 2 is 2.14 bits per heavy atom. The number of aromatic nitrogens is 4. The van der Waals surface area contributed by atoms with Crippen LogP contribution in [0.25, 0.3) is 11.3 Å². The number of nitrogens with zero attached hydrogens (tertiary/aromatic N) is 5. The van der Waals surface area contributed by atoms with Gasteiger partial charge in [-0.2, -0.15) is 0 Å². The van der Waals surface area contributed by atoms with Gasteiger partial charge in [-0.1, -0.05) is 6.07 Å². The van der Waals surface area contributed by atoms with Gasteiger partial charge >= 0.3 is 0 Å². The van der Waals surface area contributed by atoms with Gasteiger partial charge in [-0.15, -0.1) is 0 Å². The molecule has 8 heteroatoms. The van der Waals surface area contributed by atoms with E-state index in [1.807, 2.05) is 30.3 Å². The number of amides is 1. The van der Waals surface area contributed by atoms with Crippen molar-refractivity contribution in [1.82, 2.24) is 25.3 Å². The molecule has 0 bridgehead atoms. The van der Waals surface area contributed by atoms with Crippen LogP contribution in [0.3, 0.4) is 0 Å². The number of carbonyl (C=O) groups excluding carboxylic acids is 1. The average molecular weight is 390 g/mol. The fourth-order valence-electron chi connectivity index (χ4n) is 3.33. The quantitative estimate of drug-likeness (QED) is 0.689. The summed E-state index contributed by atoms with van der Waals surface area (Å²) in [7, 11) is 1.60.